The van der Waals surface area contributed by atoms with Crippen LogP contribution in [0.2, 0.25) is 0 Å². The van der Waals surface area contributed by atoms with Gasteiger partial charge < -0.3 is 9.84 Å². The number of ether oxygens (including phenoxy) is 1. The Morgan fingerprint density at radius 2 is 1.76 bits per heavy atom. The fourth-order valence-electron chi connectivity index (χ4n) is 3.25. The molecule has 0 spiro atoms. The lowest BCUT2D eigenvalue weighted by atomic mass is 10.0. The standard InChI is InChI=1S/C19H15F3N2O4S/c20-19(21,22)28-16-3-1-2-12(9-16)13-4-5-14-11-18(25)17(10-15(14)8-13)24-7-6-23-29(24,26)27/h1-5,8-11,23,25H,6-7H2. The molecular weight excluding hydrogens is 409 g/mol. The molecule has 1 aliphatic heterocycles. The average molecular weight is 424 g/mol. The Bertz CT molecular complexity index is 1200. The summed E-state index contributed by atoms with van der Waals surface area (Å²) in [5, 5.41) is 11.6. The van der Waals surface area contributed by atoms with Crippen LogP contribution in [0.4, 0.5) is 18.9 Å². The molecule has 0 unspecified atom stereocenters. The van der Waals surface area contributed by atoms with E-state index in [0.717, 1.165) is 4.31 Å². The summed E-state index contributed by atoms with van der Waals surface area (Å²) in [4.78, 5) is 0. The van der Waals surface area contributed by atoms with Crippen molar-refractivity contribution in [1.82, 2.24) is 4.72 Å². The van der Waals surface area contributed by atoms with E-state index >= 15 is 0 Å². The maximum atomic E-state index is 12.5. The van der Waals surface area contributed by atoms with E-state index in [1.165, 1.54) is 30.3 Å². The molecule has 6 nitrogen and oxygen atoms in total. The highest BCUT2D eigenvalue weighted by atomic mass is 32.2. The van der Waals surface area contributed by atoms with E-state index in [9.17, 15) is 26.7 Å². The van der Waals surface area contributed by atoms with Gasteiger partial charge in [-0.2, -0.15) is 13.1 Å². The number of phenols is 1. The molecule has 0 bridgehead atoms. The maximum absolute atomic E-state index is 12.5. The Labute approximate surface area is 164 Å². The number of hydrogen-bond acceptors (Lipinski definition) is 4. The number of alkyl halides is 3. The molecule has 4 rings (SSSR count). The van der Waals surface area contributed by atoms with Crippen LogP contribution in [0.15, 0.2) is 54.6 Å². The van der Waals surface area contributed by atoms with Gasteiger partial charge >= 0.3 is 16.6 Å². The molecule has 0 saturated carbocycles. The van der Waals surface area contributed by atoms with Crippen LogP contribution in [0, 0.1) is 0 Å². The molecule has 0 atom stereocenters. The van der Waals surface area contributed by atoms with Crippen molar-refractivity contribution in [3.05, 3.63) is 54.6 Å². The summed E-state index contributed by atoms with van der Waals surface area (Å²) in [6.07, 6.45) is -4.79. The minimum Gasteiger partial charge on any atom is -0.506 e. The van der Waals surface area contributed by atoms with Gasteiger partial charge in [-0.25, -0.2) is 0 Å². The Morgan fingerprint density at radius 3 is 2.45 bits per heavy atom. The quantitative estimate of drug-likeness (QED) is 0.671. The number of aromatic hydroxyl groups is 1. The fourth-order valence-corrected chi connectivity index (χ4v) is 4.49. The lowest BCUT2D eigenvalue weighted by Gasteiger charge is -2.18. The van der Waals surface area contributed by atoms with Crippen molar-refractivity contribution in [3.63, 3.8) is 0 Å². The van der Waals surface area contributed by atoms with Gasteiger partial charge in [-0.1, -0.05) is 24.3 Å². The molecule has 1 fully saturated rings. The van der Waals surface area contributed by atoms with Crippen LogP contribution in [-0.2, 0) is 10.2 Å². The first-order valence-corrected chi connectivity index (χ1v) is 9.97. The number of anilines is 1. The van der Waals surface area contributed by atoms with Crippen LogP contribution < -0.4 is 13.8 Å². The van der Waals surface area contributed by atoms with Crippen LogP contribution in [0.3, 0.4) is 0 Å². The molecular formula is C19H15F3N2O4S. The second-order valence-electron chi connectivity index (χ2n) is 6.45. The first-order chi connectivity index (χ1) is 13.6. The van der Waals surface area contributed by atoms with Gasteiger partial charge in [-0.05, 0) is 52.2 Å². The molecule has 29 heavy (non-hydrogen) atoms. The van der Waals surface area contributed by atoms with Crippen LogP contribution >= 0.6 is 0 Å². The van der Waals surface area contributed by atoms with Crippen LogP contribution in [0.1, 0.15) is 0 Å². The molecule has 0 radical (unpaired) electrons. The van der Waals surface area contributed by atoms with Crippen molar-refractivity contribution in [3.8, 4) is 22.6 Å². The highest BCUT2D eigenvalue weighted by Crippen LogP contribution is 2.36. The van der Waals surface area contributed by atoms with Crippen molar-refractivity contribution in [1.29, 1.82) is 0 Å². The van der Waals surface area contributed by atoms with Gasteiger partial charge in [0.05, 0.1) is 5.69 Å². The number of nitrogens with zero attached hydrogens (tertiary/aromatic N) is 1. The van der Waals surface area contributed by atoms with Crippen molar-refractivity contribution >= 4 is 26.7 Å². The average Bonchev–Trinajstić information content (AvgIpc) is 2.98. The first-order valence-electron chi connectivity index (χ1n) is 8.53. The van der Waals surface area contributed by atoms with Gasteiger partial charge in [0, 0.05) is 13.1 Å². The molecule has 3 aromatic rings. The summed E-state index contributed by atoms with van der Waals surface area (Å²) in [6.45, 7) is 0.407. The molecule has 1 aliphatic rings. The minimum atomic E-state index is -4.79. The van der Waals surface area contributed by atoms with Crippen molar-refractivity contribution in [2.24, 2.45) is 0 Å². The number of nitrogens with one attached hydrogen (secondary N) is 1. The van der Waals surface area contributed by atoms with E-state index in [0.29, 0.717) is 21.9 Å². The highest BCUT2D eigenvalue weighted by Gasteiger charge is 2.31. The van der Waals surface area contributed by atoms with Gasteiger partial charge in [-0.15, -0.1) is 13.2 Å². The second-order valence-corrected chi connectivity index (χ2v) is 8.13. The Hall–Kier alpha value is -2.98. The molecule has 3 aromatic carbocycles. The van der Waals surface area contributed by atoms with E-state index in [1.807, 2.05) is 0 Å². The molecule has 152 valence electrons. The van der Waals surface area contributed by atoms with Gasteiger partial charge in [-0.3, -0.25) is 4.31 Å². The van der Waals surface area contributed by atoms with Crippen LogP contribution in [0.25, 0.3) is 21.9 Å². The smallest absolute Gasteiger partial charge is 0.506 e. The number of benzene rings is 3. The lowest BCUT2D eigenvalue weighted by molar-refractivity contribution is -0.274. The number of halogens is 3. The summed E-state index contributed by atoms with van der Waals surface area (Å²) in [5.41, 5.74) is 1.25. The zero-order valence-corrected chi connectivity index (χ0v) is 15.6. The van der Waals surface area contributed by atoms with Gasteiger partial charge in [0.25, 0.3) is 0 Å². The topological polar surface area (TPSA) is 78.9 Å². The number of rotatable bonds is 3. The van der Waals surface area contributed by atoms with E-state index in [-0.39, 0.29) is 30.3 Å². The number of hydrogen-bond donors (Lipinski definition) is 2. The molecule has 1 saturated heterocycles. The number of fused-ring (bicyclic) bond motifs is 1. The van der Waals surface area contributed by atoms with Crippen LogP contribution in [0.5, 0.6) is 11.5 Å². The van der Waals surface area contributed by atoms with Crippen molar-refractivity contribution in [2.75, 3.05) is 17.4 Å². The molecule has 1 heterocycles. The predicted octanol–water partition coefficient (Wildman–Crippen LogP) is 3.77. The van der Waals surface area contributed by atoms with Gasteiger partial charge in [0.2, 0.25) is 0 Å². The molecule has 2 N–H and O–H groups in total. The zero-order chi connectivity index (χ0) is 20.8. The molecule has 0 aliphatic carbocycles. The normalized spacial score (nSPS) is 16.3. The lowest BCUT2D eigenvalue weighted by Crippen LogP contribution is -2.29. The van der Waals surface area contributed by atoms with E-state index in [2.05, 4.69) is 9.46 Å². The Balaban J connectivity index is 1.76. The molecule has 10 heteroatoms. The van der Waals surface area contributed by atoms with E-state index in [1.54, 1.807) is 24.3 Å². The third-order valence-electron chi connectivity index (χ3n) is 4.49. The van der Waals surface area contributed by atoms with Gasteiger partial charge in [0.15, 0.2) is 0 Å². The second kappa shape index (κ2) is 6.82. The largest absolute Gasteiger partial charge is 0.573 e. The van der Waals surface area contributed by atoms with E-state index in [4.69, 9.17) is 0 Å². The van der Waals surface area contributed by atoms with Gasteiger partial charge in [0.1, 0.15) is 11.5 Å². The van der Waals surface area contributed by atoms with E-state index < -0.39 is 16.6 Å². The third kappa shape index (κ3) is 3.94. The fraction of sp³-hybridized carbons (Fsp3) is 0.158. The summed E-state index contributed by atoms with van der Waals surface area (Å²) >= 11 is 0. The third-order valence-corrected chi connectivity index (χ3v) is 6.02. The van der Waals surface area contributed by atoms with Crippen molar-refractivity contribution in [2.45, 2.75) is 6.36 Å². The summed E-state index contributed by atoms with van der Waals surface area (Å²) in [6, 6.07) is 13.7. The van der Waals surface area contributed by atoms with Crippen molar-refractivity contribution < 1.29 is 31.4 Å². The SMILES string of the molecule is O=S1(=O)NCCN1c1cc2cc(-c3cccc(OC(F)(F)F)c3)ccc2cc1O. The Kier molecular flexibility index (Phi) is 4.55. The summed E-state index contributed by atoms with van der Waals surface area (Å²) in [7, 11) is -3.72. The molecule has 0 amide bonds. The highest BCUT2D eigenvalue weighted by molar-refractivity contribution is 7.91. The molecule has 0 aromatic heterocycles. The summed E-state index contributed by atoms with van der Waals surface area (Å²) < 4.78 is 69.0. The summed E-state index contributed by atoms with van der Waals surface area (Å²) in [5.74, 6) is -0.520. The Morgan fingerprint density at radius 1 is 1.00 bits per heavy atom. The minimum absolute atomic E-state index is 0.133. The first kappa shape index (κ1) is 19.3. The monoisotopic (exact) mass is 424 g/mol. The number of phenolic OH excluding ortho intramolecular Hbond substituents is 1. The predicted molar refractivity (Wildman–Crippen MR) is 102 cm³/mol. The maximum Gasteiger partial charge on any atom is 0.573 e. The zero-order valence-electron chi connectivity index (χ0n) is 14.8. The van der Waals surface area contributed by atoms with Crippen LogP contribution in [-0.4, -0.2) is 33.0 Å².